The lowest BCUT2D eigenvalue weighted by Crippen LogP contribution is -2.51. The summed E-state index contributed by atoms with van der Waals surface area (Å²) >= 11 is 0. The van der Waals surface area contributed by atoms with Crippen molar-refractivity contribution in [2.45, 2.75) is 32.4 Å². The number of amides is 1. The Morgan fingerprint density at radius 1 is 1.53 bits per heavy atom. The molecule has 0 radical (unpaired) electrons. The smallest absolute Gasteiger partial charge is 0.242 e. The molecule has 0 bridgehead atoms. The molecular formula is C13H19FN2O. The third-order valence-corrected chi connectivity index (χ3v) is 2.88. The molecular weight excluding hydrogens is 219 g/mol. The summed E-state index contributed by atoms with van der Waals surface area (Å²) in [5, 5.41) is 0. The Bertz CT molecular complexity index is 404. The fourth-order valence-corrected chi connectivity index (χ4v) is 1.57. The summed E-state index contributed by atoms with van der Waals surface area (Å²) in [7, 11) is 1.67. The number of carbonyl (C=O) groups is 1. The molecule has 0 saturated heterocycles. The first-order valence-corrected chi connectivity index (χ1v) is 5.65. The van der Waals surface area contributed by atoms with E-state index >= 15 is 0 Å². The number of halogens is 1. The normalized spacial score (nSPS) is 14.2. The van der Waals surface area contributed by atoms with Crippen LogP contribution in [0.3, 0.4) is 0 Å². The Morgan fingerprint density at radius 2 is 2.18 bits per heavy atom. The fourth-order valence-electron chi connectivity index (χ4n) is 1.57. The Kier molecular flexibility index (Phi) is 4.23. The first kappa shape index (κ1) is 13.6. The highest BCUT2D eigenvalue weighted by Crippen LogP contribution is 2.12. The van der Waals surface area contributed by atoms with Gasteiger partial charge in [0.1, 0.15) is 5.82 Å². The third kappa shape index (κ3) is 3.53. The minimum atomic E-state index is -0.859. The molecule has 94 valence electrons. The number of nitrogens with two attached hydrogens (primary N) is 1. The van der Waals surface area contributed by atoms with Crippen LogP contribution in [-0.2, 0) is 11.3 Å². The molecule has 0 aliphatic carbocycles. The van der Waals surface area contributed by atoms with Crippen LogP contribution in [0.1, 0.15) is 25.8 Å². The van der Waals surface area contributed by atoms with Gasteiger partial charge in [-0.1, -0.05) is 19.1 Å². The number of benzene rings is 1. The van der Waals surface area contributed by atoms with Gasteiger partial charge in [0.15, 0.2) is 0 Å². The molecule has 0 fully saturated rings. The summed E-state index contributed by atoms with van der Waals surface area (Å²) < 4.78 is 13.0. The maximum absolute atomic E-state index is 13.0. The standard InChI is InChI=1S/C13H19FN2O/c1-4-13(2,15)12(17)16(3)9-10-6-5-7-11(14)8-10/h5-8H,4,9,15H2,1-3H3. The molecule has 1 rings (SSSR count). The largest absolute Gasteiger partial charge is 0.340 e. The number of carbonyl (C=O) groups excluding carboxylic acids is 1. The third-order valence-electron chi connectivity index (χ3n) is 2.88. The first-order chi connectivity index (χ1) is 7.86. The Morgan fingerprint density at radius 3 is 2.71 bits per heavy atom. The molecule has 1 atom stereocenters. The van der Waals surface area contributed by atoms with E-state index in [1.807, 2.05) is 6.92 Å². The van der Waals surface area contributed by atoms with Crippen LogP contribution in [0.2, 0.25) is 0 Å². The van der Waals surface area contributed by atoms with Crippen LogP contribution in [0.15, 0.2) is 24.3 Å². The number of hydrogen-bond acceptors (Lipinski definition) is 2. The lowest BCUT2D eigenvalue weighted by Gasteiger charge is -2.28. The lowest BCUT2D eigenvalue weighted by molar-refractivity contribution is -0.135. The summed E-state index contributed by atoms with van der Waals surface area (Å²) in [6.07, 6.45) is 0.569. The van der Waals surface area contributed by atoms with Gasteiger partial charge in [0.25, 0.3) is 0 Å². The van der Waals surface area contributed by atoms with Gasteiger partial charge < -0.3 is 10.6 Å². The van der Waals surface area contributed by atoms with Crippen LogP contribution in [0.4, 0.5) is 4.39 Å². The van der Waals surface area contributed by atoms with Gasteiger partial charge in [0.2, 0.25) is 5.91 Å². The van der Waals surface area contributed by atoms with Crippen molar-refractivity contribution in [3.63, 3.8) is 0 Å². The zero-order valence-corrected chi connectivity index (χ0v) is 10.5. The molecule has 0 aliphatic rings. The first-order valence-electron chi connectivity index (χ1n) is 5.65. The van der Waals surface area contributed by atoms with E-state index in [4.69, 9.17) is 5.73 Å². The van der Waals surface area contributed by atoms with Crippen molar-refractivity contribution in [1.29, 1.82) is 0 Å². The van der Waals surface area contributed by atoms with Gasteiger partial charge in [0, 0.05) is 13.6 Å². The molecule has 0 saturated carbocycles. The van der Waals surface area contributed by atoms with Gasteiger partial charge in [-0.25, -0.2) is 4.39 Å². The van der Waals surface area contributed by atoms with E-state index in [9.17, 15) is 9.18 Å². The summed E-state index contributed by atoms with van der Waals surface area (Å²) in [4.78, 5) is 13.5. The summed E-state index contributed by atoms with van der Waals surface area (Å²) in [5.41, 5.74) is 5.78. The molecule has 0 spiro atoms. The highest BCUT2D eigenvalue weighted by Gasteiger charge is 2.28. The van der Waals surface area contributed by atoms with E-state index in [2.05, 4.69) is 0 Å². The topological polar surface area (TPSA) is 46.3 Å². The number of rotatable bonds is 4. The fraction of sp³-hybridized carbons (Fsp3) is 0.462. The highest BCUT2D eigenvalue weighted by atomic mass is 19.1. The average Bonchev–Trinajstić information content (AvgIpc) is 2.28. The van der Waals surface area contributed by atoms with Crippen molar-refractivity contribution in [2.24, 2.45) is 5.73 Å². The monoisotopic (exact) mass is 238 g/mol. The average molecular weight is 238 g/mol. The van der Waals surface area contributed by atoms with Crippen molar-refractivity contribution in [3.05, 3.63) is 35.6 Å². The lowest BCUT2D eigenvalue weighted by atomic mass is 9.98. The molecule has 1 unspecified atom stereocenters. The molecule has 4 heteroatoms. The Balaban J connectivity index is 2.73. The number of hydrogen-bond donors (Lipinski definition) is 1. The van der Waals surface area contributed by atoms with Crippen LogP contribution in [0.25, 0.3) is 0 Å². The molecule has 0 heterocycles. The van der Waals surface area contributed by atoms with Crippen molar-refractivity contribution in [1.82, 2.24) is 4.90 Å². The molecule has 2 N–H and O–H groups in total. The maximum Gasteiger partial charge on any atom is 0.242 e. The van der Waals surface area contributed by atoms with Gasteiger partial charge in [-0.3, -0.25) is 4.79 Å². The maximum atomic E-state index is 13.0. The van der Waals surface area contributed by atoms with Crippen molar-refractivity contribution in [3.8, 4) is 0 Å². The summed E-state index contributed by atoms with van der Waals surface area (Å²) in [6.45, 7) is 3.94. The minimum absolute atomic E-state index is 0.135. The Labute approximate surface area is 101 Å². The van der Waals surface area contributed by atoms with Gasteiger partial charge in [-0.05, 0) is 31.0 Å². The predicted octanol–water partition coefficient (Wildman–Crippen LogP) is 1.91. The van der Waals surface area contributed by atoms with Crippen LogP contribution in [-0.4, -0.2) is 23.4 Å². The van der Waals surface area contributed by atoms with Gasteiger partial charge >= 0.3 is 0 Å². The Hall–Kier alpha value is -1.42. The van der Waals surface area contributed by atoms with Crippen LogP contribution in [0.5, 0.6) is 0 Å². The van der Waals surface area contributed by atoms with Gasteiger partial charge in [0.05, 0.1) is 5.54 Å². The molecule has 1 amide bonds. The van der Waals surface area contributed by atoms with Crippen LogP contribution >= 0.6 is 0 Å². The molecule has 0 aromatic heterocycles. The molecule has 1 aromatic carbocycles. The molecule has 0 aliphatic heterocycles. The van der Waals surface area contributed by atoms with E-state index in [1.165, 1.54) is 17.0 Å². The summed E-state index contributed by atoms with van der Waals surface area (Å²) in [6, 6.07) is 6.21. The van der Waals surface area contributed by atoms with Crippen molar-refractivity contribution >= 4 is 5.91 Å². The van der Waals surface area contributed by atoms with Crippen molar-refractivity contribution in [2.75, 3.05) is 7.05 Å². The summed E-state index contributed by atoms with van der Waals surface area (Å²) in [5.74, 6) is -0.432. The number of nitrogens with zero attached hydrogens (tertiary/aromatic N) is 1. The second kappa shape index (κ2) is 5.27. The molecule has 3 nitrogen and oxygen atoms in total. The molecule has 17 heavy (non-hydrogen) atoms. The zero-order valence-electron chi connectivity index (χ0n) is 10.5. The number of likely N-dealkylation sites (N-methyl/N-ethyl adjacent to an activating group) is 1. The SMILES string of the molecule is CCC(C)(N)C(=O)N(C)Cc1cccc(F)c1. The van der Waals surface area contributed by atoms with E-state index in [-0.39, 0.29) is 11.7 Å². The van der Waals surface area contributed by atoms with Crippen LogP contribution < -0.4 is 5.73 Å². The highest BCUT2D eigenvalue weighted by molar-refractivity contribution is 5.85. The quantitative estimate of drug-likeness (QED) is 0.871. The van der Waals surface area contributed by atoms with Gasteiger partial charge in [-0.2, -0.15) is 0 Å². The van der Waals surface area contributed by atoms with E-state index in [1.54, 1.807) is 26.1 Å². The molecule has 1 aromatic rings. The van der Waals surface area contributed by atoms with Crippen molar-refractivity contribution < 1.29 is 9.18 Å². The minimum Gasteiger partial charge on any atom is -0.340 e. The van der Waals surface area contributed by atoms with Crippen LogP contribution in [0, 0.1) is 5.82 Å². The van der Waals surface area contributed by atoms with E-state index in [0.717, 1.165) is 5.56 Å². The van der Waals surface area contributed by atoms with E-state index < -0.39 is 5.54 Å². The predicted molar refractivity (Wildman–Crippen MR) is 65.8 cm³/mol. The van der Waals surface area contributed by atoms with E-state index in [0.29, 0.717) is 13.0 Å². The van der Waals surface area contributed by atoms with Gasteiger partial charge in [-0.15, -0.1) is 0 Å². The second-order valence-electron chi connectivity index (χ2n) is 4.56. The second-order valence-corrected chi connectivity index (χ2v) is 4.56. The zero-order chi connectivity index (χ0) is 13.1.